The molecule has 1 aromatic carbocycles. The Morgan fingerprint density at radius 1 is 1.21 bits per heavy atom. The molecule has 0 spiro atoms. The molecule has 0 aromatic heterocycles. The lowest BCUT2D eigenvalue weighted by Gasteiger charge is -2.14. The van der Waals surface area contributed by atoms with Gasteiger partial charge in [-0.3, -0.25) is 0 Å². The van der Waals surface area contributed by atoms with Crippen molar-refractivity contribution in [2.45, 2.75) is 18.9 Å². The van der Waals surface area contributed by atoms with Gasteiger partial charge in [0.1, 0.15) is 6.04 Å². The minimum atomic E-state index is -1.03. The van der Waals surface area contributed by atoms with E-state index < -0.39 is 18.0 Å². The molecule has 1 saturated carbocycles. The van der Waals surface area contributed by atoms with E-state index in [2.05, 4.69) is 10.6 Å². The number of carbonyl (C=O) groups excluding carboxylic acids is 1. The van der Waals surface area contributed by atoms with Crippen LogP contribution in [0.15, 0.2) is 18.2 Å². The highest BCUT2D eigenvalue weighted by Gasteiger charge is 2.37. The zero-order valence-corrected chi connectivity index (χ0v) is 11.3. The van der Waals surface area contributed by atoms with E-state index in [-0.39, 0.29) is 5.92 Å². The van der Waals surface area contributed by atoms with Gasteiger partial charge in [-0.25, -0.2) is 9.59 Å². The predicted molar refractivity (Wildman–Crippen MR) is 72.8 cm³/mol. The van der Waals surface area contributed by atoms with Crippen LogP contribution in [-0.4, -0.2) is 23.1 Å². The monoisotopic (exact) mass is 302 g/mol. The number of benzene rings is 1. The Labute approximate surface area is 119 Å². The highest BCUT2D eigenvalue weighted by atomic mass is 35.5. The molecule has 1 fully saturated rings. The number of urea groups is 1. The average molecular weight is 303 g/mol. The van der Waals surface area contributed by atoms with Crippen molar-refractivity contribution < 1.29 is 14.7 Å². The Morgan fingerprint density at radius 3 is 2.26 bits per heavy atom. The predicted octanol–water partition coefficient (Wildman–Crippen LogP) is 2.98. The van der Waals surface area contributed by atoms with E-state index in [1.54, 1.807) is 0 Å². The van der Waals surface area contributed by atoms with Crippen molar-refractivity contribution in [1.82, 2.24) is 5.32 Å². The molecule has 0 radical (unpaired) electrons. The van der Waals surface area contributed by atoms with Crippen LogP contribution in [0.25, 0.3) is 0 Å². The smallest absolute Gasteiger partial charge is 0.326 e. The molecule has 2 rings (SSSR count). The van der Waals surface area contributed by atoms with Gasteiger partial charge in [0.2, 0.25) is 0 Å². The fourth-order valence-electron chi connectivity index (χ4n) is 1.75. The van der Waals surface area contributed by atoms with Gasteiger partial charge in [-0.05, 0) is 37.0 Å². The molecule has 102 valence electrons. The summed E-state index contributed by atoms with van der Waals surface area (Å²) in [5, 5.41) is 14.7. The first-order chi connectivity index (χ1) is 8.95. The van der Waals surface area contributed by atoms with E-state index in [1.165, 1.54) is 18.2 Å². The SMILES string of the molecule is O=C(Nc1cc(Cl)cc(Cl)c1)NC(C(=O)O)C1CC1. The number of rotatable bonds is 4. The van der Waals surface area contributed by atoms with E-state index in [9.17, 15) is 9.59 Å². The number of carboxylic acids is 1. The average Bonchev–Trinajstić information content (AvgIpc) is 3.07. The van der Waals surface area contributed by atoms with Gasteiger partial charge in [0.05, 0.1) is 0 Å². The van der Waals surface area contributed by atoms with E-state index >= 15 is 0 Å². The summed E-state index contributed by atoms with van der Waals surface area (Å²) in [6.45, 7) is 0. The first-order valence-electron chi connectivity index (χ1n) is 5.72. The quantitative estimate of drug-likeness (QED) is 0.800. The number of hydrogen-bond acceptors (Lipinski definition) is 2. The molecule has 1 aromatic rings. The van der Waals surface area contributed by atoms with Crippen LogP contribution in [-0.2, 0) is 4.79 Å². The van der Waals surface area contributed by atoms with E-state index in [0.717, 1.165) is 12.8 Å². The molecule has 1 unspecified atom stereocenters. The van der Waals surface area contributed by atoms with Crippen LogP contribution in [0.1, 0.15) is 12.8 Å². The maximum Gasteiger partial charge on any atom is 0.326 e. The van der Waals surface area contributed by atoms with Gasteiger partial charge in [0, 0.05) is 15.7 Å². The molecular formula is C12H12Cl2N2O3. The molecule has 1 aliphatic carbocycles. The largest absolute Gasteiger partial charge is 0.480 e. The Bertz CT molecular complexity index is 497. The standard InChI is InChI=1S/C12H12Cl2N2O3/c13-7-3-8(14)5-9(4-7)15-12(19)16-10(11(17)18)6-1-2-6/h3-6,10H,1-2H2,(H,17,18)(H2,15,16,19). The number of hydrogen-bond donors (Lipinski definition) is 3. The summed E-state index contributed by atoms with van der Waals surface area (Å²) < 4.78 is 0. The normalized spacial score (nSPS) is 15.7. The van der Waals surface area contributed by atoms with Crippen LogP contribution in [0.2, 0.25) is 10.0 Å². The summed E-state index contributed by atoms with van der Waals surface area (Å²) in [6.07, 6.45) is 1.64. The van der Waals surface area contributed by atoms with Gasteiger partial charge in [-0.1, -0.05) is 23.2 Å². The highest BCUT2D eigenvalue weighted by molar-refractivity contribution is 6.35. The second kappa shape index (κ2) is 5.67. The fraction of sp³-hybridized carbons (Fsp3) is 0.333. The maximum absolute atomic E-state index is 11.7. The lowest BCUT2D eigenvalue weighted by molar-refractivity contribution is -0.139. The number of halogens is 2. The molecular weight excluding hydrogens is 291 g/mol. The lowest BCUT2D eigenvalue weighted by Crippen LogP contribution is -2.44. The summed E-state index contributed by atoms with van der Waals surface area (Å²) in [5.74, 6) is -1.01. The Kier molecular flexibility index (Phi) is 4.17. The molecule has 1 aliphatic rings. The number of carboxylic acid groups (broad SMARTS) is 1. The van der Waals surface area contributed by atoms with Crippen molar-refractivity contribution >= 4 is 40.9 Å². The van der Waals surface area contributed by atoms with E-state index in [0.29, 0.717) is 15.7 Å². The van der Waals surface area contributed by atoms with Crippen molar-refractivity contribution in [1.29, 1.82) is 0 Å². The minimum absolute atomic E-state index is 0.0196. The number of anilines is 1. The van der Waals surface area contributed by atoms with E-state index in [1.807, 2.05) is 0 Å². The van der Waals surface area contributed by atoms with Crippen LogP contribution in [0.5, 0.6) is 0 Å². The third-order valence-corrected chi connectivity index (χ3v) is 3.20. The van der Waals surface area contributed by atoms with Crippen molar-refractivity contribution in [3.05, 3.63) is 28.2 Å². The molecule has 19 heavy (non-hydrogen) atoms. The van der Waals surface area contributed by atoms with Gasteiger partial charge in [0.25, 0.3) is 0 Å². The van der Waals surface area contributed by atoms with Gasteiger partial charge in [-0.15, -0.1) is 0 Å². The van der Waals surface area contributed by atoms with Crippen LogP contribution in [0.3, 0.4) is 0 Å². The van der Waals surface area contributed by atoms with Crippen LogP contribution >= 0.6 is 23.2 Å². The van der Waals surface area contributed by atoms with Crippen molar-refractivity contribution in [2.24, 2.45) is 5.92 Å². The van der Waals surface area contributed by atoms with Crippen molar-refractivity contribution in [3.63, 3.8) is 0 Å². The lowest BCUT2D eigenvalue weighted by atomic mass is 10.2. The summed E-state index contributed by atoms with van der Waals surface area (Å²) in [5.41, 5.74) is 0.412. The maximum atomic E-state index is 11.7. The third kappa shape index (κ3) is 4.01. The van der Waals surface area contributed by atoms with Crippen molar-refractivity contribution in [2.75, 3.05) is 5.32 Å². The molecule has 0 saturated heterocycles. The van der Waals surface area contributed by atoms with Crippen LogP contribution in [0, 0.1) is 5.92 Å². The van der Waals surface area contributed by atoms with Crippen molar-refractivity contribution in [3.8, 4) is 0 Å². The Balaban J connectivity index is 1.98. The summed E-state index contributed by atoms with van der Waals surface area (Å²) in [4.78, 5) is 22.7. The fourth-order valence-corrected chi connectivity index (χ4v) is 2.27. The second-order valence-corrected chi connectivity index (χ2v) is 5.28. The second-order valence-electron chi connectivity index (χ2n) is 4.41. The number of amides is 2. The first kappa shape index (κ1) is 14.0. The Morgan fingerprint density at radius 2 is 1.79 bits per heavy atom. The molecule has 7 heteroatoms. The van der Waals surface area contributed by atoms with Gasteiger partial charge >= 0.3 is 12.0 Å². The molecule has 0 heterocycles. The minimum Gasteiger partial charge on any atom is -0.480 e. The summed E-state index contributed by atoms with van der Waals surface area (Å²) in [7, 11) is 0. The van der Waals surface area contributed by atoms with Crippen LogP contribution in [0.4, 0.5) is 10.5 Å². The van der Waals surface area contributed by atoms with E-state index in [4.69, 9.17) is 28.3 Å². The molecule has 0 bridgehead atoms. The highest BCUT2D eigenvalue weighted by Crippen LogP contribution is 2.32. The molecule has 0 aliphatic heterocycles. The van der Waals surface area contributed by atoms with Gasteiger partial charge in [0.15, 0.2) is 0 Å². The molecule has 2 amide bonds. The van der Waals surface area contributed by atoms with Gasteiger partial charge in [-0.2, -0.15) is 0 Å². The number of aliphatic carboxylic acids is 1. The molecule has 5 nitrogen and oxygen atoms in total. The zero-order valence-electron chi connectivity index (χ0n) is 9.82. The third-order valence-electron chi connectivity index (χ3n) is 2.77. The summed E-state index contributed by atoms with van der Waals surface area (Å²) in [6, 6.07) is 3.16. The Hall–Kier alpha value is -1.46. The zero-order chi connectivity index (χ0) is 14.0. The van der Waals surface area contributed by atoms with Crippen LogP contribution < -0.4 is 10.6 Å². The summed E-state index contributed by atoms with van der Waals surface area (Å²) >= 11 is 11.6. The number of carbonyl (C=O) groups is 2. The topological polar surface area (TPSA) is 78.4 Å². The molecule has 1 atom stereocenters. The molecule has 3 N–H and O–H groups in total. The number of nitrogens with one attached hydrogen (secondary N) is 2. The first-order valence-corrected chi connectivity index (χ1v) is 6.47. The van der Waals surface area contributed by atoms with Gasteiger partial charge < -0.3 is 15.7 Å².